The Hall–Kier alpha value is -0.940. The molecular weight excluding hydrogens is 412 g/mol. The standard InChI is InChI=1S/C26H42O2.C3H8O2/c1-19-20(9-7-12-24(19)27)13-14-21-10-8-18-26(4)22(15-16-23(21)26)11-5-6-17-25(2,3)28;4-2-1-3-5/h13-14,22-24,27-28H,1,5-12,15-18H2,2-4H3;4-5H,1-3H2/b20-13-,21-14+;/t22-,23?,24?,26?;/m0./s1. The van der Waals surface area contributed by atoms with Gasteiger partial charge >= 0.3 is 0 Å². The lowest BCUT2D eigenvalue weighted by Crippen LogP contribution is -2.33. The molecule has 0 aromatic heterocycles. The predicted molar refractivity (Wildman–Crippen MR) is 137 cm³/mol. The topological polar surface area (TPSA) is 80.9 Å². The van der Waals surface area contributed by atoms with Crippen LogP contribution in [0, 0.1) is 17.3 Å². The van der Waals surface area contributed by atoms with Crippen molar-refractivity contribution in [3.8, 4) is 0 Å². The monoisotopic (exact) mass is 462 g/mol. The minimum Gasteiger partial charge on any atom is -0.396 e. The van der Waals surface area contributed by atoms with Crippen LogP contribution in [0.3, 0.4) is 0 Å². The number of rotatable bonds is 8. The number of hydrogen-bond donors (Lipinski definition) is 4. The highest BCUT2D eigenvalue weighted by Gasteiger charge is 2.48. The van der Waals surface area contributed by atoms with E-state index in [1.165, 1.54) is 50.5 Å². The lowest BCUT2D eigenvalue weighted by Gasteiger charge is -2.42. The fraction of sp³-hybridized carbons (Fsp3) is 0.793. The van der Waals surface area contributed by atoms with Crippen molar-refractivity contribution >= 4 is 0 Å². The summed E-state index contributed by atoms with van der Waals surface area (Å²) in [6.45, 7) is 10.7. The number of hydrogen-bond acceptors (Lipinski definition) is 4. The number of aliphatic hydroxyl groups is 4. The first-order valence-electron chi connectivity index (χ1n) is 13.3. The molecule has 0 aliphatic heterocycles. The van der Waals surface area contributed by atoms with Crippen molar-refractivity contribution in [3.63, 3.8) is 0 Å². The zero-order chi connectivity index (χ0) is 24.5. The molecule has 0 aromatic carbocycles. The van der Waals surface area contributed by atoms with Crippen LogP contribution >= 0.6 is 0 Å². The highest BCUT2D eigenvalue weighted by atomic mass is 16.3. The minimum absolute atomic E-state index is 0.0938. The molecule has 3 rings (SSSR count). The number of unbranched alkanes of at least 4 members (excludes halogenated alkanes) is 1. The van der Waals surface area contributed by atoms with E-state index in [-0.39, 0.29) is 19.3 Å². The molecule has 190 valence electrons. The van der Waals surface area contributed by atoms with E-state index < -0.39 is 5.60 Å². The average Bonchev–Trinajstić information content (AvgIpc) is 3.09. The second kappa shape index (κ2) is 13.2. The van der Waals surface area contributed by atoms with Crippen LogP contribution in [0.2, 0.25) is 0 Å². The van der Waals surface area contributed by atoms with Gasteiger partial charge in [0.1, 0.15) is 0 Å². The highest BCUT2D eigenvalue weighted by Crippen LogP contribution is 2.58. The lowest BCUT2D eigenvalue weighted by atomic mass is 9.62. The molecule has 3 fully saturated rings. The molecule has 0 heterocycles. The molecule has 3 aliphatic carbocycles. The predicted octanol–water partition coefficient (Wildman–Crippen LogP) is 5.85. The van der Waals surface area contributed by atoms with Gasteiger partial charge in [-0.05, 0) is 113 Å². The molecule has 0 spiro atoms. The summed E-state index contributed by atoms with van der Waals surface area (Å²) in [5, 5.41) is 35.8. The van der Waals surface area contributed by atoms with E-state index in [4.69, 9.17) is 10.2 Å². The van der Waals surface area contributed by atoms with Gasteiger partial charge in [-0.1, -0.05) is 44.1 Å². The van der Waals surface area contributed by atoms with Crippen LogP contribution in [0.5, 0.6) is 0 Å². The van der Waals surface area contributed by atoms with Crippen molar-refractivity contribution in [3.05, 3.63) is 35.5 Å². The highest BCUT2D eigenvalue weighted by molar-refractivity contribution is 5.37. The second-order valence-corrected chi connectivity index (χ2v) is 11.4. The number of aliphatic hydroxyl groups excluding tert-OH is 3. The Morgan fingerprint density at radius 1 is 1.00 bits per heavy atom. The number of fused-ring (bicyclic) bond motifs is 1. The minimum atomic E-state index is -0.521. The van der Waals surface area contributed by atoms with Crippen LogP contribution in [-0.4, -0.2) is 45.3 Å². The van der Waals surface area contributed by atoms with Crippen molar-refractivity contribution in [2.45, 2.75) is 116 Å². The van der Waals surface area contributed by atoms with Crippen molar-refractivity contribution < 1.29 is 20.4 Å². The SMILES string of the molecule is C=C1/C(=C\C=C2/CCCC3(C)C2CC[C@@H]3CCCCC(C)(C)O)CCCC1O.OCCCO. The Balaban J connectivity index is 0.000000696. The van der Waals surface area contributed by atoms with Crippen LogP contribution in [-0.2, 0) is 0 Å². The molecule has 4 heteroatoms. The molecule has 33 heavy (non-hydrogen) atoms. The zero-order valence-corrected chi connectivity index (χ0v) is 21.5. The van der Waals surface area contributed by atoms with Crippen LogP contribution in [0.25, 0.3) is 0 Å². The summed E-state index contributed by atoms with van der Waals surface area (Å²) in [5.74, 6) is 1.57. The summed E-state index contributed by atoms with van der Waals surface area (Å²) >= 11 is 0. The fourth-order valence-corrected chi connectivity index (χ4v) is 6.27. The summed E-state index contributed by atoms with van der Waals surface area (Å²) in [5.41, 5.74) is 3.79. The van der Waals surface area contributed by atoms with E-state index in [9.17, 15) is 10.2 Å². The molecule has 0 amide bonds. The van der Waals surface area contributed by atoms with Gasteiger partial charge in [-0.15, -0.1) is 0 Å². The van der Waals surface area contributed by atoms with E-state index in [0.717, 1.165) is 49.5 Å². The molecule has 0 bridgehead atoms. The van der Waals surface area contributed by atoms with Gasteiger partial charge < -0.3 is 20.4 Å². The zero-order valence-electron chi connectivity index (χ0n) is 21.5. The van der Waals surface area contributed by atoms with Crippen molar-refractivity contribution in [1.29, 1.82) is 0 Å². The largest absolute Gasteiger partial charge is 0.396 e. The van der Waals surface area contributed by atoms with Gasteiger partial charge in [-0.25, -0.2) is 0 Å². The van der Waals surface area contributed by atoms with Crippen LogP contribution in [0.1, 0.15) is 104 Å². The van der Waals surface area contributed by atoms with Gasteiger partial charge in [-0.2, -0.15) is 0 Å². The molecule has 4 N–H and O–H groups in total. The smallest absolute Gasteiger partial charge is 0.0787 e. The number of allylic oxidation sites excluding steroid dienone is 3. The molecule has 0 saturated heterocycles. The summed E-state index contributed by atoms with van der Waals surface area (Å²) < 4.78 is 0. The fourth-order valence-electron chi connectivity index (χ4n) is 6.27. The second-order valence-electron chi connectivity index (χ2n) is 11.4. The Morgan fingerprint density at radius 3 is 2.36 bits per heavy atom. The van der Waals surface area contributed by atoms with Crippen LogP contribution in [0.15, 0.2) is 35.5 Å². The van der Waals surface area contributed by atoms with Gasteiger partial charge in [0.15, 0.2) is 0 Å². The van der Waals surface area contributed by atoms with E-state index in [1.807, 2.05) is 13.8 Å². The average molecular weight is 463 g/mol. The van der Waals surface area contributed by atoms with E-state index in [2.05, 4.69) is 25.7 Å². The molecule has 3 aliphatic rings. The van der Waals surface area contributed by atoms with Gasteiger partial charge in [0.2, 0.25) is 0 Å². The first kappa shape index (κ1) is 28.3. The van der Waals surface area contributed by atoms with Gasteiger partial charge in [0.25, 0.3) is 0 Å². The maximum Gasteiger partial charge on any atom is 0.0787 e. The first-order chi connectivity index (χ1) is 15.6. The third-order valence-corrected chi connectivity index (χ3v) is 8.31. The van der Waals surface area contributed by atoms with E-state index >= 15 is 0 Å². The molecule has 4 nitrogen and oxygen atoms in total. The molecule has 0 radical (unpaired) electrons. The van der Waals surface area contributed by atoms with Crippen molar-refractivity contribution in [2.75, 3.05) is 13.2 Å². The van der Waals surface area contributed by atoms with Gasteiger partial charge in [0.05, 0.1) is 11.7 Å². The molecule has 0 aromatic rings. The quantitative estimate of drug-likeness (QED) is 0.341. The Morgan fingerprint density at radius 2 is 1.73 bits per heavy atom. The summed E-state index contributed by atoms with van der Waals surface area (Å²) in [6, 6.07) is 0. The molecule has 3 unspecified atom stereocenters. The van der Waals surface area contributed by atoms with E-state index in [0.29, 0.717) is 11.8 Å². The molecule has 3 saturated carbocycles. The van der Waals surface area contributed by atoms with Crippen LogP contribution in [0.4, 0.5) is 0 Å². The third-order valence-electron chi connectivity index (χ3n) is 8.31. The first-order valence-corrected chi connectivity index (χ1v) is 13.3. The maximum atomic E-state index is 10.1. The van der Waals surface area contributed by atoms with Crippen molar-refractivity contribution in [2.24, 2.45) is 17.3 Å². The Labute approximate surface area is 202 Å². The summed E-state index contributed by atoms with van der Waals surface area (Å²) in [7, 11) is 0. The summed E-state index contributed by atoms with van der Waals surface area (Å²) in [6.07, 6.45) is 19.1. The van der Waals surface area contributed by atoms with Gasteiger partial charge in [-0.3, -0.25) is 0 Å². The third kappa shape index (κ3) is 8.35. The Bertz CT molecular complexity index is 670. The summed E-state index contributed by atoms with van der Waals surface area (Å²) in [4.78, 5) is 0. The van der Waals surface area contributed by atoms with Crippen molar-refractivity contribution in [1.82, 2.24) is 0 Å². The maximum absolute atomic E-state index is 10.1. The molecule has 4 atom stereocenters. The van der Waals surface area contributed by atoms with Crippen LogP contribution < -0.4 is 0 Å². The van der Waals surface area contributed by atoms with Gasteiger partial charge in [0, 0.05) is 13.2 Å². The normalized spacial score (nSPS) is 32.6. The Kier molecular flexibility index (Phi) is 11.3. The molecular formula is C29H50O4. The van der Waals surface area contributed by atoms with E-state index in [1.54, 1.807) is 5.57 Å². The lowest BCUT2D eigenvalue weighted by molar-refractivity contribution is 0.0659.